The van der Waals surface area contributed by atoms with E-state index in [-0.39, 0.29) is 24.5 Å². The molecule has 2 atom stereocenters. The Labute approximate surface area is 135 Å². The molecule has 1 fully saturated rings. The minimum absolute atomic E-state index is 0. The molecular formula is C13H20BrClN2O2S. The molecule has 4 nitrogen and oxygen atoms in total. The first-order valence-corrected chi connectivity index (χ1v) is 8.57. The molecule has 0 radical (unpaired) electrons. The van der Waals surface area contributed by atoms with Crippen LogP contribution in [-0.4, -0.2) is 37.9 Å². The van der Waals surface area contributed by atoms with E-state index in [0.29, 0.717) is 18.0 Å². The third-order valence-corrected chi connectivity index (χ3v) is 6.06. The van der Waals surface area contributed by atoms with Crippen molar-refractivity contribution in [2.45, 2.75) is 37.8 Å². The highest BCUT2D eigenvalue weighted by molar-refractivity contribution is 9.10. The first-order chi connectivity index (χ1) is 8.82. The summed E-state index contributed by atoms with van der Waals surface area (Å²) in [5.41, 5.74) is 0.779. The van der Waals surface area contributed by atoms with Gasteiger partial charge >= 0.3 is 0 Å². The van der Waals surface area contributed by atoms with Crippen molar-refractivity contribution < 1.29 is 8.42 Å². The maximum absolute atomic E-state index is 12.8. The van der Waals surface area contributed by atoms with Gasteiger partial charge in [-0.15, -0.1) is 12.4 Å². The first kappa shape index (κ1) is 17.9. The number of hydrogen-bond acceptors (Lipinski definition) is 3. The van der Waals surface area contributed by atoms with Crippen LogP contribution in [-0.2, 0) is 10.0 Å². The highest BCUT2D eigenvalue weighted by Crippen LogP contribution is 2.26. The monoisotopic (exact) mass is 382 g/mol. The molecule has 114 valence electrons. The number of hydrogen-bond donors (Lipinski definition) is 1. The van der Waals surface area contributed by atoms with E-state index in [0.717, 1.165) is 10.0 Å². The Morgan fingerprint density at radius 3 is 2.65 bits per heavy atom. The molecule has 1 heterocycles. The van der Waals surface area contributed by atoms with Gasteiger partial charge < -0.3 is 5.32 Å². The zero-order valence-corrected chi connectivity index (χ0v) is 15.0. The first-order valence-electron chi connectivity index (χ1n) is 6.33. The molecule has 0 bridgehead atoms. The second-order valence-electron chi connectivity index (χ2n) is 5.14. The molecule has 1 aliphatic heterocycles. The van der Waals surface area contributed by atoms with E-state index in [9.17, 15) is 8.42 Å². The second-order valence-corrected chi connectivity index (χ2v) is 7.92. The lowest BCUT2D eigenvalue weighted by Crippen LogP contribution is -2.56. The fraction of sp³-hybridized carbons (Fsp3) is 0.538. The number of benzene rings is 1. The predicted octanol–water partition coefficient (Wildman–Crippen LogP) is 2.55. The van der Waals surface area contributed by atoms with Gasteiger partial charge in [0.1, 0.15) is 0 Å². The van der Waals surface area contributed by atoms with E-state index in [1.165, 1.54) is 0 Å². The Bertz CT molecular complexity index is 580. The summed E-state index contributed by atoms with van der Waals surface area (Å²) in [5.74, 6) is 0. The molecule has 0 saturated carbocycles. The minimum Gasteiger partial charge on any atom is -0.311 e. The molecule has 1 aromatic rings. The van der Waals surface area contributed by atoms with E-state index in [4.69, 9.17) is 0 Å². The van der Waals surface area contributed by atoms with Crippen molar-refractivity contribution in [1.82, 2.24) is 9.62 Å². The molecule has 0 spiro atoms. The molecule has 2 rings (SSSR count). The quantitative estimate of drug-likeness (QED) is 0.854. The lowest BCUT2D eigenvalue weighted by Gasteiger charge is -2.36. The molecule has 1 aromatic carbocycles. The average Bonchev–Trinajstić information content (AvgIpc) is 2.35. The molecule has 7 heteroatoms. The fourth-order valence-corrected chi connectivity index (χ4v) is 4.79. The molecule has 1 N–H and O–H groups in total. The largest absolute Gasteiger partial charge is 0.311 e. The second kappa shape index (κ2) is 6.75. The van der Waals surface area contributed by atoms with Crippen molar-refractivity contribution in [2.75, 3.05) is 13.1 Å². The van der Waals surface area contributed by atoms with Crippen molar-refractivity contribution >= 4 is 38.4 Å². The van der Waals surface area contributed by atoms with Crippen molar-refractivity contribution in [1.29, 1.82) is 0 Å². The summed E-state index contributed by atoms with van der Waals surface area (Å²) in [4.78, 5) is 0.392. The van der Waals surface area contributed by atoms with Crippen LogP contribution in [0.4, 0.5) is 0 Å². The van der Waals surface area contributed by atoms with Crippen molar-refractivity contribution in [3.63, 3.8) is 0 Å². The van der Waals surface area contributed by atoms with Gasteiger partial charge in [-0.2, -0.15) is 4.31 Å². The van der Waals surface area contributed by atoms with Crippen molar-refractivity contribution in [3.8, 4) is 0 Å². The van der Waals surface area contributed by atoms with Gasteiger partial charge in [0.2, 0.25) is 10.0 Å². The van der Waals surface area contributed by atoms with Crippen LogP contribution >= 0.6 is 28.3 Å². The molecule has 0 amide bonds. The van der Waals surface area contributed by atoms with E-state index in [2.05, 4.69) is 21.2 Å². The van der Waals surface area contributed by atoms with Gasteiger partial charge in [0.05, 0.1) is 4.90 Å². The maximum atomic E-state index is 12.8. The van der Waals surface area contributed by atoms with Crippen LogP contribution in [0, 0.1) is 6.92 Å². The van der Waals surface area contributed by atoms with E-state index in [1.807, 2.05) is 32.9 Å². The van der Waals surface area contributed by atoms with Crippen LogP contribution in [0.1, 0.15) is 19.4 Å². The Morgan fingerprint density at radius 1 is 1.35 bits per heavy atom. The summed E-state index contributed by atoms with van der Waals surface area (Å²) in [6.07, 6.45) is 0. The van der Waals surface area contributed by atoms with E-state index in [1.54, 1.807) is 10.4 Å². The van der Waals surface area contributed by atoms with Gasteiger partial charge in [-0.05, 0) is 38.5 Å². The minimum atomic E-state index is -3.43. The zero-order chi connectivity index (χ0) is 14.2. The Kier molecular flexibility index (Phi) is 6.04. The summed E-state index contributed by atoms with van der Waals surface area (Å²) >= 11 is 3.34. The number of nitrogens with one attached hydrogen (secondary N) is 1. The van der Waals surface area contributed by atoms with Crippen LogP contribution in [0.5, 0.6) is 0 Å². The SMILES string of the molecule is Cc1ccc(Br)cc1S(=O)(=O)N1CC(C)NCC1C.Cl. The number of sulfonamides is 1. The number of halogens is 2. The molecule has 2 unspecified atom stereocenters. The van der Waals surface area contributed by atoms with Crippen molar-refractivity contribution in [2.24, 2.45) is 0 Å². The van der Waals surface area contributed by atoms with Gasteiger partial charge in [0, 0.05) is 29.6 Å². The third-order valence-electron chi connectivity index (χ3n) is 3.44. The molecule has 20 heavy (non-hydrogen) atoms. The standard InChI is InChI=1S/C13H19BrN2O2S.ClH/c1-9-4-5-12(14)6-13(9)19(17,18)16-8-10(2)15-7-11(16)3;/h4-6,10-11,15H,7-8H2,1-3H3;1H. The Morgan fingerprint density at radius 2 is 2.00 bits per heavy atom. The molecule has 0 aliphatic carbocycles. The van der Waals surface area contributed by atoms with E-state index >= 15 is 0 Å². The van der Waals surface area contributed by atoms with Crippen molar-refractivity contribution in [3.05, 3.63) is 28.2 Å². The molecular weight excluding hydrogens is 364 g/mol. The van der Waals surface area contributed by atoms with Crippen LogP contribution < -0.4 is 5.32 Å². The Balaban J connectivity index is 0.00000200. The smallest absolute Gasteiger partial charge is 0.243 e. The van der Waals surface area contributed by atoms with Gasteiger partial charge in [0.25, 0.3) is 0 Å². The maximum Gasteiger partial charge on any atom is 0.243 e. The Hall–Kier alpha value is -0.140. The number of nitrogens with zero attached hydrogens (tertiary/aromatic N) is 1. The number of aryl methyl sites for hydroxylation is 1. The van der Waals surface area contributed by atoms with Crippen LogP contribution in [0.25, 0.3) is 0 Å². The van der Waals surface area contributed by atoms with Gasteiger partial charge in [-0.3, -0.25) is 0 Å². The summed E-state index contributed by atoms with van der Waals surface area (Å²) in [6.45, 7) is 6.96. The lowest BCUT2D eigenvalue weighted by molar-refractivity contribution is 0.244. The fourth-order valence-electron chi connectivity index (χ4n) is 2.30. The highest BCUT2D eigenvalue weighted by atomic mass is 79.9. The number of piperazine rings is 1. The molecule has 1 aliphatic rings. The van der Waals surface area contributed by atoms with Crippen LogP contribution in [0.15, 0.2) is 27.6 Å². The van der Waals surface area contributed by atoms with Gasteiger partial charge in [-0.1, -0.05) is 22.0 Å². The van der Waals surface area contributed by atoms with Gasteiger partial charge in [-0.25, -0.2) is 8.42 Å². The molecule has 0 aromatic heterocycles. The zero-order valence-electron chi connectivity index (χ0n) is 11.8. The number of rotatable bonds is 2. The summed E-state index contributed by atoms with van der Waals surface area (Å²) in [7, 11) is -3.43. The lowest BCUT2D eigenvalue weighted by atomic mass is 10.2. The third kappa shape index (κ3) is 3.54. The average molecular weight is 384 g/mol. The summed E-state index contributed by atoms with van der Waals surface area (Å²) < 4.78 is 28.0. The van der Waals surface area contributed by atoms with Crippen LogP contribution in [0.2, 0.25) is 0 Å². The highest BCUT2D eigenvalue weighted by Gasteiger charge is 2.34. The summed E-state index contributed by atoms with van der Waals surface area (Å²) in [5, 5.41) is 3.30. The van der Waals surface area contributed by atoms with Crippen LogP contribution in [0.3, 0.4) is 0 Å². The van der Waals surface area contributed by atoms with E-state index < -0.39 is 10.0 Å². The normalized spacial score (nSPS) is 24.2. The topological polar surface area (TPSA) is 49.4 Å². The summed E-state index contributed by atoms with van der Waals surface area (Å²) in [6, 6.07) is 5.52. The molecule has 1 saturated heterocycles. The predicted molar refractivity (Wildman–Crippen MR) is 86.9 cm³/mol. The van der Waals surface area contributed by atoms with Gasteiger partial charge in [0.15, 0.2) is 0 Å².